The van der Waals surface area contributed by atoms with Crippen LogP contribution in [0.5, 0.6) is 11.5 Å². The Morgan fingerprint density at radius 3 is 2.29 bits per heavy atom. The van der Waals surface area contributed by atoms with Crippen molar-refractivity contribution in [2.75, 3.05) is 6.61 Å². The van der Waals surface area contributed by atoms with Gasteiger partial charge in [0.25, 0.3) is 0 Å². The molecule has 0 saturated heterocycles. The molecule has 5 heteroatoms. The fourth-order valence-electron chi connectivity index (χ4n) is 4.46. The van der Waals surface area contributed by atoms with Gasteiger partial charge in [-0.15, -0.1) is 0 Å². The lowest BCUT2D eigenvalue weighted by atomic mass is 9.79. The lowest BCUT2D eigenvalue weighted by Gasteiger charge is -2.27. The molecule has 0 unspecified atom stereocenters. The summed E-state index contributed by atoms with van der Waals surface area (Å²) in [5.74, 6) is -0.826. The zero-order valence-electron chi connectivity index (χ0n) is 19.3. The average Bonchev–Trinajstić information content (AvgIpc) is 2.85. The molecule has 0 radical (unpaired) electrons. The molecule has 1 fully saturated rings. The molecule has 0 bridgehead atoms. The van der Waals surface area contributed by atoms with Gasteiger partial charge >= 0.3 is 0 Å². The van der Waals surface area contributed by atoms with Gasteiger partial charge < -0.3 is 9.47 Å². The summed E-state index contributed by atoms with van der Waals surface area (Å²) in [4.78, 5) is 0. The quantitative estimate of drug-likeness (QED) is 0.312. The molecule has 34 heavy (non-hydrogen) atoms. The van der Waals surface area contributed by atoms with E-state index in [2.05, 4.69) is 13.5 Å². The van der Waals surface area contributed by atoms with E-state index in [1.165, 1.54) is 12.1 Å². The van der Waals surface area contributed by atoms with Crippen molar-refractivity contribution < 1.29 is 22.6 Å². The van der Waals surface area contributed by atoms with Gasteiger partial charge in [-0.25, -0.2) is 13.2 Å². The van der Waals surface area contributed by atoms with E-state index in [0.29, 0.717) is 29.4 Å². The van der Waals surface area contributed by atoms with Gasteiger partial charge in [0.15, 0.2) is 23.2 Å². The van der Waals surface area contributed by atoms with Crippen molar-refractivity contribution in [1.82, 2.24) is 0 Å². The molecule has 1 aliphatic carbocycles. The lowest BCUT2D eigenvalue weighted by molar-refractivity contribution is 0.288. The van der Waals surface area contributed by atoms with Crippen LogP contribution in [0.4, 0.5) is 13.2 Å². The van der Waals surface area contributed by atoms with E-state index >= 15 is 0 Å². The van der Waals surface area contributed by atoms with E-state index in [9.17, 15) is 13.2 Å². The van der Waals surface area contributed by atoms with Crippen molar-refractivity contribution in [2.45, 2.75) is 45.1 Å². The Balaban J connectivity index is 1.42. The van der Waals surface area contributed by atoms with Crippen LogP contribution in [0.3, 0.4) is 0 Å². The van der Waals surface area contributed by atoms with Crippen molar-refractivity contribution in [3.8, 4) is 22.6 Å². The highest BCUT2D eigenvalue weighted by atomic mass is 19.2. The third-order valence-corrected chi connectivity index (χ3v) is 6.50. The first-order valence-electron chi connectivity index (χ1n) is 11.7. The van der Waals surface area contributed by atoms with Crippen LogP contribution in [0.1, 0.15) is 49.7 Å². The van der Waals surface area contributed by atoms with Gasteiger partial charge in [0.1, 0.15) is 19.0 Å². The smallest absolute Gasteiger partial charge is 0.168 e. The minimum absolute atomic E-state index is 0.0854. The van der Waals surface area contributed by atoms with E-state index in [1.807, 2.05) is 0 Å². The van der Waals surface area contributed by atoms with E-state index in [0.717, 1.165) is 31.2 Å². The first-order valence-corrected chi connectivity index (χ1v) is 11.7. The van der Waals surface area contributed by atoms with Crippen molar-refractivity contribution in [1.29, 1.82) is 0 Å². The van der Waals surface area contributed by atoms with Gasteiger partial charge in [0.05, 0.1) is 0 Å². The number of hydrogen-bond acceptors (Lipinski definition) is 2. The van der Waals surface area contributed by atoms with E-state index in [4.69, 9.17) is 9.47 Å². The van der Waals surface area contributed by atoms with Crippen molar-refractivity contribution in [3.05, 3.63) is 95.8 Å². The van der Waals surface area contributed by atoms with E-state index in [1.54, 1.807) is 48.5 Å². The Hall–Kier alpha value is -3.21. The predicted molar refractivity (Wildman–Crippen MR) is 129 cm³/mol. The Morgan fingerprint density at radius 1 is 0.882 bits per heavy atom. The zero-order chi connectivity index (χ0) is 24.1. The second-order valence-electron chi connectivity index (χ2n) is 8.96. The van der Waals surface area contributed by atoms with Crippen LogP contribution in [-0.2, 0) is 6.61 Å². The largest absolute Gasteiger partial charge is 0.489 e. The van der Waals surface area contributed by atoms with Crippen LogP contribution in [0.15, 0.2) is 67.3 Å². The summed E-state index contributed by atoms with van der Waals surface area (Å²) < 4.78 is 55.0. The molecule has 0 aliphatic heterocycles. The third-order valence-electron chi connectivity index (χ3n) is 6.50. The third kappa shape index (κ3) is 5.46. The van der Waals surface area contributed by atoms with Gasteiger partial charge in [-0.3, -0.25) is 0 Å². The molecular weight excluding hydrogens is 437 g/mol. The second-order valence-corrected chi connectivity index (χ2v) is 8.96. The van der Waals surface area contributed by atoms with Gasteiger partial charge in [0, 0.05) is 11.6 Å². The van der Waals surface area contributed by atoms with Gasteiger partial charge in [-0.2, -0.15) is 0 Å². The summed E-state index contributed by atoms with van der Waals surface area (Å²) in [6.07, 6.45) is 5.48. The number of hydrogen-bond donors (Lipinski definition) is 0. The van der Waals surface area contributed by atoms with Crippen LogP contribution in [-0.4, -0.2) is 6.61 Å². The topological polar surface area (TPSA) is 18.5 Å². The number of benzene rings is 3. The maximum Gasteiger partial charge on any atom is 0.168 e. The summed E-state index contributed by atoms with van der Waals surface area (Å²) in [5.41, 5.74) is 2.09. The molecular formula is C29H29F3O2. The fourth-order valence-corrected chi connectivity index (χ4v) is 4.46. The van der Waals surface area contributed by atoms with E-state index < -0.39 is 17.5 Å². The molecule has 3 aromatic carbocycles. The average molecular weight is 467 g/mol. The SMILES string of the molecule is C=CCOc1ccc(OCc2ccc(-c3ccc(C4CCC(C)CC4)c(F)c3F)cc2)c(F)c1. The Morgan fingerprint density at radius 2 is 1.62 bits per heavy atom. The van der Waals surface area contributed by atoms with Crippen LogP contribution >= 0.6 is 0 Å². The van der Waals surface area contributed by atoms with Crippen molar-refractivity contribution >= 4 is 0 Å². The number of rotatable bonds is 8. The first kappa shape index (κ1) is 23.9. The monoisotopic (exact) mass is 466 g/mol. The molecule has 0 aromatic heterocycles. The molecule has 0 N–H and O–H groups in total. The summed E-state index contributed by atoms with van der Waals surface area (Å²) in [7, 11) is 0. The van der Waals surface area contributed by atoms with E-state index in [-0.39, 0.29) is 23.8 Å². The van der Waals surface area contributed by atoms with Crippen molar-refractivity contribution in [2.24, 2.45) is 5.92 Å². The minimum atomic E-state index is -0.805. The fraction of sp³-hybridized carbons (Fsp3) is 0.310. The summed E-state index contributed by atoms with van der Waals surface area (Å²) >= 11 is 0. The molecule has 2 nitrogen and oxygen atoms in total. The Labute approximate surface area is 199 Å². The highest BCUT2D eigenvalue weighted by Crippen LogP contribution is 2.38. The first-order chi connectivity index (χ1) is 16.5. The molecule has 1 saturated carbocycles. The Kier molecular flexibility index (Phi) is 7.61. The zero-order valence-corrected chi connectivity index (χ0v) is 19.3. The van der Waals surface area contributed by atoms with Gasteiger partial charge in [-0.1, -0.05) is 68.8 Å². The molecule has 4 rings (SSSR count). The summed E-state index contributed by atoms with van der Waals surface area (Å²) in [6.45, 7) is 6.19. The highest BCUT2D eigenvalue weighted by molar-refractivity contribution is 5.65. The van der Waals surface area contributed by atoms with Crippen LogP contribution in [0.2, 0.25) is 0 Å². The molecule has 0 amide bonds. The highest BCUT2D eigenvalue weighted by Gasteiger charge is 2.25. The Bertz CT molecular complexity index is 1130. The number of ether oxygens (including phenoxy) is 2. The lowest BCUT2D eigenvalue weighted by Crippen LogP contribution is -2.13. The number of halogens is 3. The molecule has 0 spiro atoms. The molecule has 178 valence electrons. The maximum atomic E-state index is 14.9. The summed E-state index contributed by atoms with van der Waals surface area (Å²) in [6, 6.07) is 14.8. The van der Waals surface area contributed by atoms with Crippen LogP contribution in [0.25, 0.3) is 11.1 Å². The minimum Gasteiger partial charge on any atom is -0.489 e. The van der Waals surface area contributed by atoms with Gasteiger partial charge in [0.2, 0.25) is 0 Å². The summed E-state index contributed by atoms with van der Waals surface area (Å²) in [5, 5.41) is 0. The van der Waals surface area contributed by atoms with Gasteiger partial charge in [-0.05, 0) is 53.5 Å². The second kappa shape index (κ2) is 10.8. The van der Waals surface area contributed by atoms with Crippen LogP contribution in [0, 0.1) is 23.4 Å². The molecule has 0 atom stereocenters. The predicted octanol–water partition coefficient (Wildman–Crippen LogP) is 8.21. The molecule has 3 aromatic rings. The standard InChI is InChI=1S/C29H29F3O2/c1-3-16-33-23-12-15-27(26(30)17-23)34-18-20-6-10-22(11-7-20)25-14-13-24(28(31)29(25)32)21-8-4-19(2)5-9-21/h3,6-7,10-15,17,19,21H,1,4-5,8-9,16,18H2,2H3. The maximum absolute atomic E-state index is 14.9. The van der Waals surface area contributed by atoms with Crippen molar-refractivity contribution in [3.63, 3.8) is 0 Å². The normalized spacial score (nSPS) is 17.9. The molecule has 1 aliphatic rings. The molecule has 0 heterocycles. The van der Waals surface area contributed by atoms with Crippen LogP contribution < -0.4 is 9.47 Å².